The summed E-state index contributed by atoms with van der Waals surface area (Å²) in [5.41, 5.74) is 5.04. The highest BCUT2D eigenvalue weighted by molar-refractivity contribution is 9.10. The molecule has 1 unspecified atom stereocenters. The van der Waals surface area contributed by atoms with E-state index in [-0.39, 0.29) is 28.1 Å². The summed E-state index contributed by atoms with van der Waals surface area (Å²) in [5.74, 6) is -1.28. The summed E-state index contributed by atoms with van der Waals surface area (Å²) in [5, 5.41) is 0. The molecule has 6 heteroatoms. The molecule has 0 aromatic heterocycles. The van der Waals surface area contributed by atoms with Crippen molar-refractivity contribution in [3.63, 3.8) is 0 Å². The lowest BCUT2D eigenvalue weighted by Gasteiger charge is -2.05. The van der Waals surface area contributed by atoms with Crippen LogP contribution in [0.1, 0.15) is 5.56 Å². The minimum Gasteiger partial charge on any atom is -0.330 e. The van der Waals surface area contributed by atoms with Crippen molar-refractivity contribution >= 4 is 26.7 Å². The third-order valence-corrected chi connectivity index (χ3v) is 3.70. The summed E-state index contributed by atoms with van der Waals surface area (Å²) in [7, 11) is -1.33. The van der Waals surface area contributed by atoms with Gasteiger partial charge >= 0.3 is 0 Å². The van der Waals surface area contributed by atoms with Gasteiger partial charge in [0.2, 0.25) is 0 Å². The van der Waals surface area contributed by atoms with Crippen LogP contribution in [0.15, 0.2) is 16.6 Å². The van der Waals surface area contributed by atoms with E-state index in [4.69, 9.17) is 5.73 Å². The van der Waals surface area contributed by atoms with Gasteiger partial charge in [-0.2, -0.15) is 0 Å². The van der Waals surface area contributed by atoms with Crippen molar-refractivity contribution in [2.75, 3.05) is 12.3 Å². The van der Waals surface area contributed by atoms with Gasteiger partial charge in [-0.3, -0.25) is 4.21 Å². The molecule has 15 heavy (non-hydrogen) atoms. The zero-order valence-electron chi connectivity index (χ0n) is 7.80. The van der Waals surface area contributed by atoms with E-state index in [0.717, 1.165) is 6.07 Å². The van der Waals surface area contributed by atoms with Crippen LogP contribution in [0.2, 0.25) is 0 Å². The fraction of sp³-hybridized carbons (Fsp3) is 0.333. The van der Waals surface area contributed by atoms with Gasteiger partial charge in [0.1, 0.15) is 11.6 Å². The molecule has 0 radical (unpaired) electrons. The summed E-state index contributed by atoms with van der Waals surface area (Å²) >= 11 is 2.94. The zero-order valence-corrected chi connectivity index (χ0v) is 10.2. The van der Waals surface area contributed by atoms with Gasteiger partial charge in [-0.25, -0.2) is 8.78 Å². The van der Waals surface area contributed by atoms with Crippen molar-refractivity contribution < 1.29 is 13.0 Å². The van der Waals surface area contributed by atoms with Crippen LogP contribution in [-0.2, 0) is 16.6 Å². The van der Waals surface area contributed by atoms with Gasteiger partial charge in [0, 0.05) is 28.7 Å². The Morgan fingerprint density at radius 1 is 1.40 bits per heavy atom. The van der Waals surface area contributed by atoms with Crippen LogP contribution in [-0.4, -0.2) is 16.5 Å². The van der Waals surface area contributed by atoms with E-state index in [9.17, 15) is 13.0 Å². The molecule has 0 saturated carbocycles. The minimum absolute atomic E-state index is 0.145. The second-order valence-corrected chi connectivity index (χ2v) is 5.33. The van der Waals surface area contributed by atoms with Crippen LogP contribution < -0.4 is 5.73 Å². The van der Waals surface area contributed by atoms with E-state index in [0.29, 0.717) is 0 Å². The predicted molar refractivity (Wildman–Crippen MR) is 59.8 cm³/mol. The Kier molecular flexibility index (Phi) is 4.82. The van der Waals surface area contributed by atoms with Gasteiger partial charge in [-0.05, 0) is 28.1 Å². The Morgan fingerprint density at radius 3 is 2.67 bits per heavy atom. The van der Waals surface area contributed by atoms with E-state index >= 15 is 0 Å². The van der Waals surface area contributed by atoms with E-state index < -0.39 is 22.4 Å². The van der Waals surface area contributed by atoms with Gasteiger partial charge in [0.25, 0.3) is 0 Å². The quantitative estimate of drug-likeness (QED) is 0.863. The Balaban J connectivity index is 2.93. The third-order valence-electron chi connectivity index (χ3n) is 1.79. The maximum Gasteiger partial charge on any atom is 0.144 e. The Hall–Kier alpha value is -0.330. The molecule has 0 aliphatic rings. The first-order chi connectivity index (χ1) is 7.06. The molecule has 0 saturated heterocycles. The molecule has 1 aromatic carbocycles. The van der Waals surface area contributed by atoms with E-state index in [1.807, 2.05) is 0 Å². The van der Waals surface area contributed by atoms with E-state index in [1.165, 1.54) is 6.07 Å². The average Bonchev–Trinajstić information content (AvgIpc) is 2.19. The monoisotopic (exact) mass is 297 g/mol. The molecule has 2 N–H and O–H groups in total. The number of hydrogen-bond donors (Lipinski definition) is 1. The molecule has 0 fully saturated rings. The van der Waals surface area contributed by atoms with Crippen LogP contribution >= 0.6 is 15.9 Å². The summed E-state index contributed by atoms with van der Waals surface area (Å²) in [6.07, 6.45) is 0. The van der Waals surface area contributed by atoms with Gasteiger partial charge in [0.15, 0.2) is 0 Å². The Bertz CT molecular complexity index is 387. The molecule has 0 aliphatic carbocycles. The number of nitrogens with two attached hydrogens (primary N) is 1. The maximum atomic E-state index is 13.4. The van der Waals surface area contributed by atoms with Crippen LogP contribution in [0.4, 0.5) is 8.78 Å². The van der Waals surface area contributed by atoms with Crippen molar-refractivity contribution in [3.05, 3.63) is 33.8 Å². The van der Waals surface area contributed by atoms with Crippen LogP contribution in [0.25, 0.3) is 0 Å². The molecule has 1 atom stereocenters. The minimum atomic E-state index is -1.33. The number of rotatable bonds is 4. The fourth-order valence-electron chi connectivity index (χ4n) is 1.07. The number of hydrogen-bond acceptors (Lipinski definition) is 2. The smallest absolute Gasteiger partial charge is 0.144 e. The standard InChI is InChI=1S/C9H10BrF2NOS/c10-7-1-2-8(11)6(9(7)12)5-15(14)4-3-13/h1-2H,3-5,13H2. The molecule has 0 heterocycles. The fourth-order valence-corrected chi connectivity index (χ4v) is 2.43. The second-order valence-electron chi connectivity index (χ2n) is 2.90. The normalized spacial score (nSPS) is 12.8. The molecule has 0 bridgehead atoms. The third kappa shape index (κ3) is 3.32. The largest absolute Gasteiger partial charge is 0.330 e. The van der Waals surface area contributed by atoms with Crippen LogP contribution in [0, 0.1) is 11.6 Å². The van der Waals surface area contributed by atoms with Gasteiger partial charge < -0.3 is 5.73 Å². The van der Waals surface area contributed by atoms with Crippen LogP contribution in [0.3, 0.4) is 0 Å². The molecule has 0 spiro atoms. The first kappa shape index (κ1) is 12.7. The molecule has 1 rings (SSSR count). The van der Waals surface area contributed by atoms with Gasteiger partial charge in [0.05, 0.1) is 10.2 Å². The summed E-state index contributed by atoms with van der Waals surface area (Å²) < 4.78 is 38.1. The zero-order chi connectivity index (χ0) is 11.4. The first-order valence-corrected chi connectivity index (χ1v) is 6.51. The van der Waals surface area contributed by atoms with E-state index in [1.54, 1.807) is 0 Å². The average molecular weight is 298 g/mol. The highest BCUT2D eigenvalue weighted by atomic mass is 79.9. The molecule has 0 aliphatic heterocycles. The molecule has 1 aromatic rings. The van der Waals surface area contributed by atoms with E-state index in [2.05, 4.69) is 15.9 Å². The second kappa shape index (κ2) is 5.67. The van der Waals surface area contributed by atoms with Crippen molar-refractivity contribution in [2.24, 2.45) is 5.73 Å². The first-order valence-electron chi connectivity index (χ1n) is 4.23. The lowest BCUT2D eigenvalue weighted by Crippen LogP contribution is -2.13. The van der Waals surface area contributed by atoms with Crippen molar-refractivity contribution in [2.45, 2.75) is 5.75 Å². The molecule has 2 nitrogen and oxygen atoms in total. The summed E-state index contributed by atoms with van der Waals surface area (Å²) in [6, 6.07) is 2.42. The lowest BCUT2D eigenvalue weighted by molar-refractivity contribution is 0.560. The molecule has 84 valence electrons. The summed E-state index contributed by atoms with van der Waals surface area (Å²) in [6.45, 7) is 0.240. The SMILES string of the molecule is NCCS(=O)Cc1c(F)ccc(Br)c1F. The Labute approximate surface area is 97.4 Å². The van der Waals surface area contributed by atoms with Crippen molar-refractivity contribution in [3.8, 4) is 0 Å². The number of benzene rings is 1. The van der Waals surface area contributed by atoms with Gasteiger partial charge in [-0.1, -0.05) is 0 Å². The highest BCUT2D eigenvalue weighted by Gasteiger charge is 2.14. The highest BCUT2D eigenvalue weighted by Crippen LogP contribution is 2.22. The van der Waals surface area contributed by atoms with Crippen molar-refractivity contribution in [1.29, 1.82) is 0 Å². The van der Waals surface area contributed by atoms with Gasteiger partial charge in [-0.15, -0.1) is 0 Å². The topological polar surface area (TPSA) is 43.1 Å². The predicted octanol–water partition coefficient (Wildman–Crippen LogP) is 1.93. The Morgan fingerprint density at radius 2 is 2.07 bits per heavy atom. The summed E-state index contributed by atoms with van der Waals surface area (Å²) in [4.78, 5) is 0. The van der Waals surface area contributed by atoms with Crippen LogP contribution in [0.5, 0.6) is 0 Å². The maximum absolute atomic E-state index is 13.4. The lowest BCUT2D eigenvalue weighted by atomic mass is 10.2. The van der Waals surface area contributed by atoms with Crippen molar-refractivity contribution in [1.82, 2.24) is 0 Å². The molecule has 0 amide bonds. The molecular formula is C9H10BrF2NOS. The molecular weight excluding hydrogens is 288 g/mol. The number of halogens is 3.